The summed E-state index contributed by atoms with van der Waals surface area (Å²) in [5, 5.41) is 11.1. The Hall–Kier alpha value is -2.03. The second-order valence-corrected chi connectivity index (χ2v) is 6.88. The monoisotopic (exact) mass is 374 g/mol. The summed E-state index contributed by atoms with van der Waals surface area (Å²) in [7, 11) is 1.68. The van der Waals surface area contributed by atoms with Gasteiger partial charge in [0.1, 0.15) is 0 Å². The molecule has 0 amide bonds. The molecule has 4 nitrogen and oxygen atoms in total. The quantitative estimate of drug-likeness (QED) is 0.830. The third-order valence-electron chi connectivity index (χ3n) is 4.91. The standard InChI is InChI=1S/C17H19F5N4/c1-10-7-16(15(18)19,8-13(23-10)14-9-26(2)25-24-14)11-3-5-12(6-4-11)17(20,21)22/h3-6,9-10,13,15,23H,7-8H2,1-2H3/t10-,13-,16-/m0/s1. The molecule has 0 unspecified atom stereocenters. The molecule has 142 valence electrons. The maximum atomic E-state index is 14.2. The minimum atomic E-state index is -4.50. The minimum Gasteiger partial charge on any atom is -0.306 e. The van der Waals surface area contributed by atoms with E-state index in [1.807, 2.05) is 0 Å². The Morgan fingerprint density at radius 2 is 1.85 bits per heavy atom. The zero-order valence-electron chi connectivity index (χ0n) is 14.3. The number of nitrogens with one attached hydrogen (secondary N) is 1. The molecule has 1 fully saturated rings. The summed E-state index contributed by atoms with van der Waals surface area (Å²) in [6.45, 7) is 1.78. The highest BCUT2D eigenvalue weighted by Crippen LogP contribution is 2.46. The van der Waals surface area contributed by atoms with Crippen molar-refractivity contribution in [2.24, 2.45) is 7.05 Å². The van der Waals surface area contributed by atoms with E-state index >= 15 is 0 Å². The van der Waals surface area contributed by atoms with Crippen molar-refractivity contribution in [2.45, 2.75) is 49.9 Å². The van der Waals surface area contributed by atoms with Crippen LogP contribution in [0.1, 0.15) is 42.6 Å². The van der Waals surface area contributed by atoms with Crippen molar-refractivity contribution in [1.29, 1.82) is 0 Å². The average Bonchev–Trinajstić information content (AvgIpc) is 3.00. The maximum absolute atomic E-state index is 14.2. The molecule has 3 atom stereocenters. The Kier molecular flexibility index (Phi) is 4.76. The first-order chi connectivity index (χ1) is 12.1. The summed E-state index contributed by atoms with van der Waals surface area (Å²) in [5.74, 6) is 0. The van der Waals surface area contributed by atoms with Gasteiger partial charge in [-0.25, -0.2) is 8.78 Å². The Morgan fingerprint density at radius 3 is 2.35 bits per heavy atom. The van der Waals surface area contributed by atoms with Crippen molar-refractivity contribution in [3.63, 3.8) is 0 Å². The molecule has 0 bridgehead atoms. The summed E-state index contributed by atoms with van der Waals surface area (Å²) in [6, 6.07) is 3.35. The molecule has 0 aliphatic carbocycles. The molecule has 2 heterocycles. The first-order valence-electron chi connectivity index (χ1n) is 8.20. The summed E-state index contributed by atoms with van der Waals surface area (Å²) >= 11 is 0. The summed E-state index contributed by atoms with van der Waals surface area (Å²) in [4.78, 5) is 0. The lowest BCUT2D eigenvalue weighted by atomic mass is 9.68. The van der Waals surface area contributed by atoms with Crippen LogP contribution in [-0.2, 0) is 18.6 Å². The van der Waals surface area contributed by atoms with Crippen LogP contribution in [0.4, 0.5) is 22.0 Å². The number of halogens is 5. The molecule has 1 saturated heterocycles. The van der Waals surface area contributed by atoms with Gasteiger partial charge in [0.05, 0.1) is 22.7 Å². The van der Waals surface area contributed by atoms with E-state index in [-0.39, 0.29) is 24.4 Å². The van der Waals surface area contributed by atoms with E-state index in [0.29, 0.717) is 5.69 Å². The fraction of sp³-hybridized carbons (Fsp3) is 0.529. The van der Waals surface area contributed by atoms with Crippen LogP contribution in [0.2, 0.25) is 0 Å². The third-order valence-corrected chi connectivity index (χ3v) is 4.91. The van der Waals surface area contributed by atoms with Gasteiger partial charge in [0, 0.05) is 19.3 Å². The smallest absolute Gasteiger partial charge is 0.306 e. The second kappa shape index (κ2) is 6.61. The molecule has 1 aliphatic heterocycles. The number of rotatable bonds is 3. The Balaban J connectivity index is 1.98. The van der Waals surface area contributed by atoms with Crippen LogP contribution in [0.25, 0.3) is 0 Å². The Bertz CT molecular complexity index is 755. The lowest BCUT2D eigenvalue weighted by Gasteiger charge is -2.44. The first-order valence-corrected chi connectivity index (χ1v) is 8.20. The number of alkyl halides is 5. The molecule has 0 spiro atoms. The molecule has 0 saturated carbocycles. The fourth-order valence-electron chi connectivity index (χ4n) is 3.70. The molecule has 2 aromatic rings. The third kappa shape index (κ3) is 3.44. The molecule has 1 aromatic heterocycles. The summed E-state index contributed by atoms with van der Waals surface area (Å²) < 4.78 is 68.2. The Morgan fingerprint density at radius 1 is 1.19 bits per heavy atom. The number of benzene rings is 1. The topological polar surface area (TPSA) is 42.7 Å². The summed E-state index contributed by atoms with van der Waals surface area (Å²) in [5.41, 5.74) is -1.64. The molecule has 1 aromatic carbocycles. The number of aryl methyl sites for hydroxylation is 1. The molecule has 0 radical (unpaired) electrons. The van der Waals surface area contributed by atoms with Gasteiger partial charge in [-0.15, -0.1) is 5.10 Å². The van der Waals surface area contributed by atoms with Crippen LogP contribution in [-0.4, -0.2) is 27.5 Å². The molecule has 1 N–H and O–H groups in total. The number of piperidine rings is 1. The van der Waals surface area contributed by atoms with Crippen LogP contribution < -0.4 is 5.32 Å². The zero-order chi connectivity index (χ0) is 19.1. The van der Waals surface area contributed by atoms with Gasteiger partial charge in [0.25, 0.3) is 0 Å². The van der Waals surface area contributed by atoms with E-state index in [9.17, 15) is 22.0 Å². The molecular formula is C17H19F5N4. The zero-order valence-corrected chi connectivity index (χ0v) is 14.3. The van der Waals surface area contributed by atoms with Gasteiger partial charge in [0.15, 0.2) is 0 Å². The van der Waals surface area contributed by atoms with Gasteiger partial charge >= 0.3 is 6.18 Å². The van der Waals surface area contributed by atoms with Gasteiger partial charge in [-0.05, 0) is 37.5 Å². The highest BCUT2D eigenvalue weighted by molar-refractivity contribution is 5.33. The van der Waals surface area contributed by atoms with Crippen LogP contribution >= 0.6 is 0 Å². The highest BCUT2D eigenvalue weighted by Gasteiger charge is 2.48. The van der Waals surface area contributed by atoms with Crippen molar-refractivity contribution in [3.8, 4) is 0 Å². The molecule has 26 heavy (non-hydrogen) atoms. The van der Waals surface area contributed by atoms with E-state index in [2.05, 4.69) is 15.6 Å². The van der Waals surface area contributed by atoms with Gasteiger partial charge < -0.3 is 5.32 Å². The van der Waals surface area contributed by atoms with E-state index in [4.69, 9.17) is 0 Å². The van der Waals surface area contributed by atoms with Crippen molar-refractivity contribution in [2.75, 3.05) is 0 Å². The number of hydrogen-bond donors (Lipinski definition) is 1. The molecular weight excluding hydrogens is 355 g/mol. The predicted molar refractivity (Wildman–Crippen MR) is 84.7 cm³/mol. The summed E-state index contributed by atoms with van der Waals surface area (Å²) in [6.07, 6.45) is -5.42. The van der Waals surface area contributed by atoms with Crippen molar-refractivity contribution >= 4 is 0 Å². The van der Waals surface area contributed by atoms with Crippen LogP contribution in [0.5, 0.6) is 0 Å². The van der Waals surface area contributed by atoms with Gasteiger partial charge in [0.2, 0.25) is 6.43 Å². The number of nitrogens with zero attached hydrogens (tertiary/aromatic N) is 3. The Labute approximate surface area is 147 Å². The SMILES string of the molecule is C[C@H]1C[C@](c2ccc(C(F)(F)F)cc2)(C(F)F)C[C@@H](c2cn(C)nn2)N1. The highest BCUT2D eigenvalue weighted by atomic mass is 19.4. The molecule has 3 rings (SSSR count). The lowest BCUT2D eigenvalue weighted by molar-refractivity contribution is -0.137. The second-order valence-electron chi connectivity index (χ2n) is 6.88. The average molecular weight is 374 g/mol. The first kappa shape index (κ1) is 18.8. The minimum absolute atomic E-state index is 0.0268. The predicted octanol–water partition coefficient (Wildman–Crippen LogP) is 3.85. The molecule has 9 heteroatoms. The van der Waals surface area contributed by atoms with E-state index in [1.165, 1.54) is 16.8 Å². The van der Waals surface area contributed by atoms with E-state index < -0.39 is 29.6 Å². The number of hydrogen-bond acceptors (Lipinski definition) is 3. The van der Waals surface area contributed by atoms with Crippen molar-refractivity contribution in [1.82, 2.24) is 20.3 Å². The lowest BCUT2D eigenvalue weighted by Crippen LogP contribution is -2.50. The van der Waals surface area contributed by atoms with E-state index in [0.717, 1.165) is 12.1 Å². The van der Waals surface area contributed by atoms with E-state index in [1.54, 1.807) is 20.2 Å². The van der Waals surface area contributed by atoms with Gasteiger partial charge in [-0.2, -0.15) is 13.2 Å². The maximum Gasteiger partial charge on any atom is 0.416 e. The largest absolute Gasteiger partial charge is 0.416 e. The van der Waals surface area contributed by atoms with Crippen molar-refractivity contribution < 1.29 is 22.0 Å². The van der Waals surface area contributed by atoms with Crippen LogP contribution in [0, 0.1) is 0 Å². The van der Waals surface area contributed by atoms with Gasteiger partial charge in [-0.3, -0.25) is 4.68 Å². The van der Waals surface area contributed by atoms with Crippen molar-refractivity contribution in [3.05, 3.63) is 47.3 Å². The van der Waals surface area contributed by atoms with Crippen LogP contribution in [0.3, 0.4) is 0 Å². The fourth-order valence-corrected chi connectivity index (χ4v) is 3.70. The van der Waals surface area contributed by atoms with Crippen LogP contribution in [0.15, 0.2) is 30.5 Å². The number of aromatic nitrogens is 3. The molecule has 1 aliphatic rings. The normalized spacial score (nSPS) is 27.1. The van der Waals surface area contributed by atoms with Gasteiger partial charge in [-0.1, -0.05) is 17.3 Å².